The number of hydrogen-bond donors (Lipinski definition) is 2. The van der Waals surface area contributed by atoms with Gasteiger partial charge >= 0.3 is 6.01 Å². The van der Waals surface area contributed by atoms with Gasteiger partial charge in [0.05, 0.1) is 5.69 Å². The van der Waals surface area contributed by atoms with Crippen LogP contribution in [0, 0.1) is 6.92 Å². The highest BCUT2D eigenvalue weighted by atomic mass is 16.4. The summed E-state index contributed by atoms with van der Waals surface area (Å²) in [6, 6.07) is 10.3. The third-order valence-electron chi connectivity index (χ3n) is 4.29. The van der Waals surface area contributed by atoms with Crippen LogP contribution < -0.4 is 5.73 Å². The van der Waals surface area contributed by atoms with Gasteiger partial charge in [0.25, 0.3) is 0 Å². The number of nitrogens with zero attached hydrogens (tertiary/aromatic N) is 3. The van der Waals surface area contributed by atoms with Crippen molar-refractivity contribution < 1.29 is 4.42 Å². The third-order valence-corrected chi connectivity index (χ3v) is 4.29. The zero-order valence-electron chi connectivity index (χ0n) is 14.4. The van der Waals surface area contributed by atoms with Crippen molar-refractivity contribution in [1.29, 1.82) is 0 Å². The van der Waals surface area contributed by atoms with Crippen LogP contribution in [0.3, 0.4) is 0 Å². The topological polar surface area (TPSA) is 93.6 Å². The number of benzene rings is 1. The summed E-state index contributed by atoms with van der Waals surface area (Å²) in [5.74, 6) is 0.775. The van der Waals surface area contributed by atoms with Crippen molar-refractivity contribution in [1.82, 2.24) is 20.2 Å². The Morgan fingerprint density at radius 2 is 1.92 bits per heavy atom. The second kappa shape index (κ2) is 5.73. The van der Waals surface area contributed by atoms with E-state index in [4.69, 9.17) is 10.2 Å². The summed E-state index contributed by atoms with van der Waals surface area (Å²) in [5.41, 5.74) is 12.0. The van der Waals surface area contributed by atoms with Gasteiger partial charge in [-0.05, 0) is 48.7 Å². The van der Waals surface area contributed by atoms with E-state index in [-0.39, 0.29) is 6.01 Å². The fourth-order valence-corrected chi connectivity index (χ4v) is 3.23. The summed E-state index contributed by atoms with van der Waals surface area (Å²) in [7, 11) is 0. The molecule has 0 aliphatic rings. The number of nitrogens with one attached hydrogen (secondary N) is 1. The van der Waals surface area contributed by atoms with Crippen LogP contribution in [-0.4, -0.2) is 20.2 Å². The van der Waals surface area contributed by atoms with E-state index in [2.05, 4.69) is 46.1 Å². The van der Waals surface area contributed by atoms with Crippen LogP contribution in [0.15, 0.2) is 40.9 Å². The van der Waals surface area contributed by atoms with Crippen LogP contribution in [-0.2, 0) is 0 Å². The van der Waals surface area contributed by atoms with E-state index < -0.39 is 0 Å². The van der Waals surface area contributed by atoms with Gasteiger partial charge in [-0.15, -0.1) is 5.10 Å². The molecule has 0 atom stereocenters. The number of hydrogen-bond acceptors (Lipinski definition) is 5. The van der Waals surface area contributed by atoms with Crippen LogP contribution >= 0.6 is 0 Å². The maximum atomic E-state index is 5.55. The fourth-order valence-electron chi connectivity index (χ4n) is 3.23. The highest BCUT2D eigenvalue weighted by Crippen LogP contribution is 2.37. The van der Waals surface area contributed by atoms with E-state index >= 15 is 0 Å². The van der Waals surface area contributed by atoms with Crippen LogP contribution in [0.5, 0.6) is 0 Å². The molecule has 0 fully saturated rings. The Morgan fingerprint density at radius 1 is 1.08 bits per heavy atom. The number of anilines is 1. The number of fused-ring (bicyclic) bond motifs is 1. The van der Waals surface area contributed by atoms with Crippen LogP contribution in [0.2, 0.25) is 0 Å². The van der Waals surface area contributed by atoms with Crippen molar-refractivity contribution in [3.05, 3.63) is 47.8 Å². The molecule has 126 valence electrons. The second-order valence-electron chi connectivity index (χ2n) is 6.46. The summed E-state index contributed by atoms with van der Waals surface area (Å²) in [6.07, 6.45) is 1.84. The third kappa shape index (κ3) is 2.65. The predicted molar refractivity (Wildman–Crippen MR) is 98.1 cm³/mol. The van der Waals surface area contributed by atoms with E-state index in [1.54, 1.807) is 0 Å². The van der Waals surface area contributed by atoms with Crippen molar-refractivity contribution in [2.75, 3.05) is 5.73 Å². The Hall–Kier alpha value is -3.15. The van der Waals surface area contributed by atoms with Gasteiger partial charge in [0.2, 0.25) is 5.89 Å². The first-order chi connectivity index (χ1) is 12.0. The molecule has 4 aromatic rings. The Labute approximate surface area is 145 Å². The van der Waals surface area contributed by atoms with E-state index in [9.17, 15) is 0 Å². The summed E-state index contributed by atoms with van der Waals surface area (Å²) >= 11 is 0. The highest BCUT2D eigenvalue weighted by Gasteiger charge is 2.18. The zero-order chi connectivity index (χ0) is 17.6. The molecule has 0 saturated carbocycles. The molecule has 3 N–H and O–H groups in total. The number of rotatable bonds is 3. The van der Waals surface area contributed by atoms with Gasteiger partial charge in [-0.25, -0.2) is 0 Å². The van der Waals surface area contributed by atoms with Crippen molar-refractivity contribution in [2.24, 2.45) is 0 Å². The lowest BCUT2D eigenvalue weighted by Crippen LogP contribution is -1.91. The SMILES string of the molecule is Cc1cc(-c2[nH]c3ccc(-c4nnc(N)o4)cc3c2C(C)C)ccn1. The molecule has 1 aromatic carbocycles. The van der Waals surface area contributed by atoms with Crippen LogP contribution in [0.4, 0.5) is 6.01 Å². The van der Waals surface area contributed by atoms with Gasteiger partial charge in [-0.2, -0.15) is 0 Å². The lowest BCUT2D eigenvalue weighted by Gasteiger charge is -2.09. The molecule has 3 heterocycles. The number of aryl methyl sites for hydroxylation is 1. The second-order valence-corrected chi connectivity index (χ2v) is 6.46. The molecular formula is C19H19N5O. The van der Waals surface area contributed by atoms with E-state index in [0.29, 0.717) is 11.8 Å². The average Bonchev–Trinajstić information content (AvgIpc) is 3.17. The first-order valence-electron chi connectivity index (χ1n) is 8.21. The van der Waals surface area contributed by atoms with Crippen LogP contribution in [0.25, 0.3) is 33.6 Å². The van der Waals surface area contributed by atoms with Crippen molar-refractivity contribution in [2.45, 2.75) is 26.7 Å². The Balaban J connectivity index is 1.95. The number of aromatic nitrogens is 4. The molecule has 0 radical (unpaired) electrons. The molecule has 4 rings (SSSR count). The monoisotopic (exact) mass is 333 g/mol. The standard InChI is InChI=1S/C19H19N5O/c1-10(2)16-14-9-13(18-23-24-19(20)25-18)4-5-15(14)22-17(16)12-6-7-21-11(3)8-12/h4-10,22H,1-3H3,(H2,20,24). The van der Waals surface area contributed by atoms with E-state index in [0.717, 1.165) is 33.4 Å². The molecule has 0 saturated heterocycles. The normalized spacial score (nSPS) is 11.5. The molecule has 0 amide bonds. The maximum Gasteiger partial charge on any atom is 0.313 e. The van der Waals surface area contributed by atoms with Gasteiger partial charge in [0.1, 0.15) is 0 Å². The Morgan fingerprint density at radius 3 is 2.60 bits per heavy atom. The molecule has 25 heavy (non-hydrogen) atoms. The predicted octanol–water partition coefficient (Wildman–Crippen LogP) is 4.29. The molecule has 0 unspecified atom stereocenters. The minimum absolute atomic E-state index is 0.0706. The lowest BCUT2D eigenvalue weighted by molar-refractivity contribution is 0.590. The Bertz CT molecular complexity index is 1060. The summed E-state index contributed by atoms with van der Waals surface area (Å²) in [4.78, 5) is 7.85. The van der Waals surface area contributed by atoms with Gasteiger partial charge in [-0.1, -0.05) is 18.9 Å². The highest BCUT2D eigenvalue weighted by molar-refractivity contribution is 5.93. The fraction of sp³-hybridized carbons (Fsp3) is 0.211. The van der Waals surface area contributed by atoms with E-state index in [1.807, 2.05) is 31.3 Å². The first kappa shape index (κ1) is 15.4. The summed E-state index contributed by atoms with van der Waals surface area (Å²) < 4.78 is 5.36. The zero-order valence-corrected chi connectivity index (χ0v) is 14.4. The number of nitrogen functional groups attached to an aromatic ring is 1. The minimum atomic E-state index is 0.0706. The number of pyridine rings is 1. The first-order valence-corrected chi connectivity index (χ1v) is 8.21. The lowest BCUT2D eigenvalue weighted by atomic mass is 9.95. The number of aromatic amines is 1. The largest absolute Gasteiger partial charge is 0.404 e. The molecule has 0 bridgehead atoms. The summed E-state index contributed by atoms with van der Waals surface area (Å²) in [6.45, 7) is 6.38. The van der Waals surface area contributed by atoms with Gasteiger partial charge in [-0.3, -0.25) is 4.98 Å². The number of H-pyrrole nitrogens is 1. The van der Waals surface area contributed by atoms with Gasteiger partial charge < -0.3 is 15.1 Å². The van der Waals surface area contributed by atoms with E-state index in [1.165, 1.54) is 5.56 Å². The van der Waals surface area contributed by atoms with Gasteiger partial charge in [0.15, 0.2) is 0 Å². The quantitative estimate of drug-likeness (QED) is 0.583. The summed E-state index contributed by atoms with van der Waals surface area (Å²) in [5, 5.41) is 8.87. The average molecular weight is 333 g/mol. The molecule has 6 nitrogen and oxygen atoms in total. The Kier molecular flexibility index (Phi) is 3.53. The van der Waals surface area contributed by atoms with Gasteiger partial charge in [0, 0.05) is 33.9 Å². The molecular weight excluding hydrogens is 314 g/mol. The molecule has 0 spiro atoms. The number of nitrogens with two attached hydrogens (primary N) is 1. The van der Waals surface area contributed by atoms with Crippen molar-refractivity contribution >= 4 is 16.9 Å². The smallest absolute Gasteiger partial charge is 0.313 e. The van der Waals surface area contributed by atoms with Crippen molar-refractivity contribution in [3.63, 3.8) is 0 Å². The molecule has 0 aliphatic heterocycles. The van der Waals surface area contributed by atoms with Crippen molar-refractivity contribution in [3.8, 4) is 22.7 Å². The van der Waals surface area contributed by atoms with Crippen LogP contribution in [0.1, 0.15) is 31.0 Å². The minimum Gasteiger partial charge on any atom is -0.404 e. The molecule has 3 aromatic heterocycles. The molecule has 6 heteroatoms. The molecule has 0 aliphatic carbocycles. The maximum absolute atomic E-state index is 5.55.